The molecule has 2 atom stereocenters. The lowest BCUT2D eigenvalue weighted by Crippen LogP contribution is -2.52. The van der Waals surface area contributed by atoms with Crippen LogP contribution >= 0.6 is 0 Å². The van der Waals surface area contributed by atoms with E-state index in [1.807, 2.05) is 69.2 Å². The standard InChI is InChI=1S/C20H38O4/c1-13(2)15(16(21)22)20(14(3)4,11-18(5,6)7)17(23)24-12-19(8,9)10/h13-15H,11-12H2,1-10H3,(H,21,22). The Kier molecular flexibility index (Phi) is 7.53. The van der Waals surface area contributed by atoms with Crippen LogP contribution in [0.1, 0.15) is 75.7 Å². The molecule has 0 aliphatic heterocycles. The molecule has 0 aliphatic carbocycles. The van der Waals surface area contributed by atoms with E-state index in [0.717, 1.165) is 0 Å². The van der Waals surface area contributed by atoms with Gasteiger partial charge in [-0.2, -0.15) is 0 Å². The molecular weight excluding hydrogens is 304 g/mol. The van der Waals surface area contributed by atoms with Crippen molar-refractivity contribution in [2.24, 2.45) is 34.0 Å². The number of carbonyl (C=O) groups excluding carboxylic acids is 1. The van der Waals surface area contributed by atoms with Crippen molar-refractivity contribution in [1.82, 2.24) is 0 Å². The van der Waals surface area contributed by atoms with E-state index in [0.29, 0.717) is 6.42 Å². The number of esters is 1. The zero-order chi connectivity index (χ0) is 19.5. The van der Waals surface area contributed by atoms with E-state index in [2.05, 4.69) is 0 Å². The van der Waals surface area contributed by atoms with Crippen LogP contribution in [0.25, 0.3) is 0 Å². The van der Waals surface area contributed by atoms with Crippen LogP contribution in [0.3, 0.4) is 0 Å². The first-order valence-electron chi connectivity index (χ1n) is 8.94. The highest BCUT2D eigenvalue weighted by atomic mass is 16.5. The minimum Gasteiger partial charge on any atom is -0.481 e. The van der Waals surface area contributed by atoms with Crippen molar-refractivity contribution < 1.29 is 19.4 Å². The summed E-state index contributed by atoms with van der Waals surface area (Å²) in [6.45, 7) is 20.0. The van der Waals surface area contributed by atoms with Gasteiger partial charge in [-0.25, -0.2) is 0 Å². The Morgan fingerprint density at radius 1 is 0.917 bits per heavy atom. The average molecular weight is 343 g/mol. The highest BCUT2D eigenvalue weighted by Crippen LogP contribution is 2.49. The topological polar surface area (TPSA) is 63.6 Å². The maximum absolute atomic E-state index is 13.2. The molecule has 4 nitrogen and oxygen atoms in total. The first-order valence-corrected chi connectivity index (χ1v) is 8.94. The lowest BCUT2D eigenvalue weighted by atomic mass is 9.58. The van der Waals surface area contributed by atoms with E-state index in [-0.39, 0.29) is 35.2 Å². The molecule has 24 heavy (non-hydrogen) atoms. The van der Waals surface area contributed by atoms with Crippen molar-refractivity contribution in [3.8, 4) is 0 Å². The van der Waals surface area contributed by atoms with E-state index in [1.54, 1.807) is 0 Å². The molecule has 0 spiro atoms. The molecule has 0 aromatic rings. The van der Waals surface area contributed by atoms with Gasteiger partial charge >= 0.3 is 11.9 Å². The maximum atomic E-state index is 13.2. The summed E-state index contributed by atoms with van der Waals surface area (Å²) in [5.41, 5.74) is -1.38. The van der Waals surface area contributed by atoms with Crippen LogP contribution in [0.4, 0.5) is 0 Å². The predicted molar refractivity (Wildman–Crippen MR) is 97.7 cm³/mol. The van der Waals surface area contributed by atoms with E-state index in [1.165, 1.54) is 0 Å². The third kappa shape index (κ3) is 6.10. The molecule has 0 fully saturated rings. The summed E-state index contributed by atoms with van der Waals surface area (Å²) >= 11 is 0. The number of hydrogen-bond donors (Lipinski definition) is 1. The van der Waals surface area contributed by atoms with Gasteiger partial charge in [0.25, 0.3) is 0 Å². The Morgan fingerprint density at radius 3 is 1.62 bits per heavy atom. The van der Waals surface area contributed by atoms with Crippen LogP contribution in [0, 0.1) is 34.0 Å². The monoisotopic (exact) mass is 342 g/mol. The SMILES string of the molecule is CC(C)C(C(=O)O)C(CC(C)(C)C)(C(=O)OCC(C)(C)C)C(C)C. The Morgan fingerprint density at radius 2 is 1.38 bits per heavy atom. The fourth-order valence-electron chi connectivity index (χ4n) is 3.50. The number of aliphatic carboxylic acids is 1. The fourth-order valence-corrected chi connectivity index (χ4v) is 3.50. The van der Waals surface area contributed by atoms with Crippen LogP contribution in [-0.4, -0.2) is 23.7 Å². The minimum atomic E-state index is -1.04. The van der Waals surface area contributed by atoms with Crippen molar-refractivity contribution in [1.29, 1.82) is 0 Å². The fraction of sp³-hybridized carbons (Fsp3) is 0.900. The molecule has 0 aliphatic rings. The number of carboxylic acid groups (broad SMARTS) is 1. The smallest absolute Gasteiger partial charge is 0.313 e. The molecule has 4 heteroatoms. The summed E-state index contributed by atoms with van der Waals surface area (Å²) in [4.78, 5) is 25.3. The highest BCUT2D eigenvalue weighted by Gasteiger charge is 2.55. The van der Waals surface area contributed by atoms with Gasteiger partial charge in [-0.15, -0.1) is 0 Å². The van der Waals surface area contributed by atoms with Crippen LogP contribution in [0.5, 0.6) is 0 Å². The Hall–Kier alpha value is -1.06. The lowest BCUT2D eigenvalue weighted by Gasteiger charge is -2.45. The molecule has 2 unspecified atom stereocenters. The number of rotatable bonds is 7. The summed E-state index contributed by atoms with van der Waals surface area (Å²) in [5.74, 6) is -2.36. The number of carbonyl (C=O) groups is 2. The molecule has 0 bridgehead atoms. The first kappa shape index (κ1) is 22.9. The van der Waals surface area contributed by atoms with Gasteiger partial charge in [-0.05, 0) is 29.1 Å². The largest absolute Gasteiger partial charge is 0.481 e. The number of carboxylic acids is 1. The minimum absolute atomic E-state index is 0.132. The molecule has 142 valence electrons. The van der Waals surface area contributed by atoms with Gasteiger partial charge in [-0.1, -0.05) is 69.2 Å². The zero-order valence-corrected chi connectivity index (χ0v) is 17.3. The molecule has 0 saturated carbocycles. The summed E-state index contributed by atoms with van der Waals surface area (Å²) in [5, 5.41) is 9.89. The predicted octanol–water partition coefficient (Wildman–Crippen LogP) is 5.01. The van der Waals surface area contributed by atoms with Gasteiger partial charge in [0.05, 0.1) is 17.9 Å². The normalized spacial score (nSPS) is 16.8. The second-order valence-electron chi connectivity index (χ2n) is 10.1. The van der Waals surface area contributed by atoms with Gasteiger partial charge in [0.15, 0.2) is 0 Å². The van der Waals surface area contributed by atoms with E-state index in [4.69, 9.17) is 4.74 Å². The lowest BCUT2D eigenvalue weighted by molar-refractivity contribution is -0.179. The van der Waals surface area contributed by atoms with Crippen molar-refractivity contribution in [2.75, 3.05) is 6.61 Å². The van der Waals surface area contributed by atoms with Gasteiger partial charge in [0.1, 0.15) is 0 Å². The molecule has 0 rings (SSSR count). The van der Waals surface area contributed by atoms with Gasteiger partial charge in [0.2, 0.25) is 0 Å². The van der Waals surface area contributed by atoms with Gasteiger partial charge in [0, 0.05) is 0 Å². The molecule has 0 amide bonds. The third-order valence-corrected chi connectivity index (χ3v) is 4.36. The van der Waals surface area contributed by atoms with Crippen molar-refractivity contribution in [3.05, 3.63) is 0 Å². The zero-order valence-electron chi connectivity index (χ0n) is 17.3. The van der Waals surface area contributed by atoms with E-state index >= 15 is 0 Å². The Bertz CT molecular complexity index is 438. The molecule has 0 saturated heterocycles. The van der Waals surface area contributed by atoms with E-state index < -0.39 is 17.3 Å². The average Bonchev–Trinajstić information content (AvgIpc) is 2.30. The summed E-state index contributed by atoms with van der Waals surface area (Å²) < 4.78 is 5.66. The maximum Gasteiger partial charge on any atom is 0.313 e. The quantitative estimate of drug-likeness (QED) is 0.660. The van der Waals surface area contributed by atoms with Gasteiger partial charge < -0.3 is 9.84 Å². The molecule has 1 N–H and O–H groups in total. The van der Waals surface area contributed by atoms with Crippen LogP contribution in [-0.2, 0) is 14.3 Å². The Balaban J connectivity index is 6.11. The first-order chi connectivity index (χ1) is 10.5. The summed E-state index contributed by atoms with van der Waals surface area (Å²) in [7, 11) is 0. The van der Waals surface area contributed by atoms with Gasteiger partial charge in [-0.3, -0.25) is 9.59 Å². The molecule has 0 aromatic carbocycles. The van der Waals surface area contributed by atoms with Crippen LogP contribution in [0.2, 0.25) is 0 Å². The Labute approximate surface area is 148 Å². The highest BCUT2D eigenvalue weighted by molar-refractivity contribution is 5.85. The van der Waals surface area contributed by atoms with Crippen molar-refractivity contribution in [3.63, 3.8) is 0 Å². The third-order valence-electron chi connectivity index (χ3n) is 4.36. The molecule has 0 aromatic heterocycles. The second-order valence-corrected chi connectivity index (χ2v) is 10.1. The summed E-state index contributed by atoms with van der Waals surface area (Å²) in [6, 6.07) is 0. The van der Waals surface area contributed by atoms with Crippen LogP contribution in [0.15, 0.2) is 0 Å². The molecule has 0 heterocycles. The summed E-state index contributed by atoms with van der Waals surface area (Å²) in [6.07, 6.45) is 0.482. The number of ether oxygens (including phenoxy) is 1. The van der Waals surface area contributed by atoms with Crippen LogP contribution < -0.4 is 0 Å². The van der Waals surface area contributed by atoms with E-state index in [9.17, 15) is 14.7 Å². The number of hydrogen-bond acceptors (Lipinski definition) is 3. The van der Waals surface area contributed by atoms with Crippen molar-refractivity contribution >= 4 is 11.9 Å². The van der Waals surface area contributed by atoms with Crippen molar-refractivity contribution in [2.45, 2.75) is 75.7 Å². The second kappa shape index (κ2) is 7.88. The molecular formula is C20H38O4. The molecule has 0 radical (unpaired) electrons.